The van der Waals surface area contributed by atoms with Crippen LogP contribution >= 0.6 is 0 Å². The van der Waals surface area contributed by atoms with Gasteiger partial charge < -0.3 is 10.2 Å². The van der Waals surface area contributed by atoms with Gasteiger partial charge >= 0.3 is 0 Å². The Hall–Kier alpha value is -0.600. The smallest absolute Gasteiger partial charge is 0.175 e. The van der Waals surface area contributed by atoms with Crippen molar-refractivity contribution in [3.63, 3.8) is 0 Å². The van der Waals surface area contributed by atoms with Gasteiger partial charge in [-0.2, -0.15) is 0 Å². The van der Waals surface area contributed by atoms with Gasteiger partial charge in [0, 0.05) is 6.42 Å². The highest BCUT2D eigenvalue weighted by atomic mass is 16.5. The second-order valence-electron chi connectivity index (χ2n) is 8.31. The Morgan fingerprint density at radius 2 is 1.86 bits per heavy atom. The van der Waals surface area contributed by atoms with Crippen molar-refractivity contribution in [3.05, 3.63) is 22.8 Å². The van der Waals surface area contributed by atoms with E-state index in [0.29, 0.717) is 17.8 Å². The number of rotatable bonds is 0. The van der Waals surface area contributed by atoms with Gasteiger partial charge in [-0.15, -0.1) is 0 Å². The Balaban J connectivity index is 1.87. The molecule has 1 saturated carbocycles. The van der Waals surface area contributed by atoms with E-state index in [9.17, 15) is 10.2 Å². The van der Waals surface area contributed by atoms with E-state index in [1.54, 1.807) is 5.57 Å². The Morgan fingerprint density at radius 3 is 2.67 bits per heavy atom. The molecule has 0 aromatic heterocycles. The van der Waals surface area contributed by atoms with E-state index >= 15 is 0 Å². The summed E-state index contributed by atoms with van der Waals surface area (Å²) in [6, 6.07) is 0. The van der Waals surface area contributed by atoms with Crippen LogP contribution in [0.15, 0.2) is 22.8 Å². The van der Waals surface area contributed by atoms with Crippen LogP contribution in [0.3, 0.4) is 0 Å². The maximum atomic E-state index is 10.8. The molecule has 4 aliphatic carbocycles. The third kappa shape index (κ3) is 1.66. The molecular weight excluding hydrogens is 260 g/mol. The maximum absolute atomic E-state index is 10.8. The van der Waals surface area contributed by atoms with Crippen molar-refractivity contribution in [2.24, 2.45) is 16.7 Å². The van der Waals surface area contributed by atoms with Gasteiger partial charge in [0.25, 0.3) is 0 Å². The van der Waals surface area contributed by atoms with Gasteiger partial charge in [-0.1, -0.05) is 36.1 Å². The fourth-order valence-corrected chi connectivity index (χ4v) is 6.02. The Morgan fingerprint density at radius 1 is 1.05 bits per heavy atom. The summed E-state index contributed by atoms with van der Waals surface area (Å²) >= 11 is 0. The number of fused-ring (bicyclic) bond motifs is 4. The van der Waals surface area contributed by atoms with Gasteiger partial charge in [0.2, 0.25) is 0 Å². The van der Waals surface area contributed by atoms with Crippen molar-refractivity contribution < 1.29 is 10.2 Å². The first-order chi connectivity index (χ1) is 9.88. The molecule has 0 aromatic carbocycles. The molecular formula is C19H28O2. The minimum Gasteiger partial charge on any atom is -0.365 e. The molecule has 0 amide bonds. The number of hydrogen-bond donors (Lipinski definition) is 2. The molecule has 3 atom stereocenters. The first-order valence-corrected chi connectivity index (χ1v) is 8.75. The predicted molar refractivity (Wildman–Crippen MR) is 83.5 cm³/mol. The molecule has 0 radical (unpaired) electrons. The van der Waals surface area contributed by atoms with Crippen molar-refractivity contribution in [1.29, 1.82) is 0 Å². The summed E-state index contributed by atoms with van der Waals surface area (Å²) in [5.74, 6) is -0.845. The fourth-order valence-electron chi connectivity index (χ4n) is 6.02. The maximum Gasteiger partial charge on any atom is 0.175 e. The third-order valence-corrected chi connectivity index (χ3v) is 7.43. The van der Waals surface area contributed by atoms with E-state index < -0.39 is 11.2 Å². The van der Waals surface area contributed by atoms with Gasteiger partial charge in [-0.3, -0.25) is 0 Å². The molecule has 0 unspecified atom stereocenters. The quantitative estimate of drug-likeness (QED) is 0.521. The van der Waals surface area contributed by atoms with Gasteiger partial charge in [0.05, 0.1) is 5.41 Å². The average Bonchev–Trinajstić information content (AvgIpc) is 2.82. The molecule has 0 bridgehead atoms. The normalized spacial score (nSPS) is 44.8. The zero-order chi connectivity index (χ0) is 14.9. The lowest BCUT2D eigenvalue weighted by Gasteiger charge is -2.54. The minimum absolute atomic E-state index is 0.478. The highest BCUT2D eigenvalue weighted by Crippen LogP contribution is 2.63. The lowest BCUT2D eigenvalue weighted by atomic mass is 9.53. The second-order valence-corrected chi connectivity index (χ2v) is 8.31. The molecule has 2 N–H and O–H groups in total. The molecule has 116 valence electrons. The van der Waals surface area contributed by atoms with Gasteiger partial charge in [0.15, 0.2) is 5.79 Å². The summed E-state index contributed by atoms with van der Waals surface area (Å²) < 4.78 is 0. The van der Waals surface area contributed by atoms with E-state index in [-0.39, 0.29) is 0 Å². The molecule has 4 aliphatic rings. The number of hydrogen-bond acceptors (Lipinski definition) is 2. The first-order valence-electron chi connectivity index (χ1n) is 8.75. The number of allylic oxidation sites excluding steroid dienone is 2. The molecule has 2 nitrogen and oxygen atoms in total. The van der Waals surface area contributed by atoms with Crippen LogP contribution in [0.2, 0.25) is 0 Å². The van der Waals surface area contributed by atoms with E-state index in [1.165, 1.54) is 36.8 Å². The van der Waals surface area contributed by atoms with Crippen LogP contribution in [0.25, 0.3) is 0 Å². The lowest BCUT2D eigenvalue weighted by molar-refractivity contribution is -0.225. The van der Waals surface area contributed by atoms with E-state index in [4.69, 9.17) is 0 Å². The fraction of sp³-hybridized carbons (Fsp3) is 0.789. The van der Waals surface area contributed by atoms with Gasteiger partial charge in [0.1, 0.15) is 0 Å². The molecule has 21 heavy (non-hydrogen) atoms. The van der Waals surface area contributed by atoms with Crippen LogP contribution in [-0.4, -0.2) is 16.0 Å². The van der Waals surface area contributed by atoms with Crippen LogP contribution in [0.5, 0.6) is 0 Å². The highest BCUT2D eigenvalue weighted by Gasteiger charge is 2.57. The predicted octanol–water partition coefficient (Wildman–Crippen LogP) is 4.08. The third-order valence-electron chi connectivity index (χ3n) is 7.43. The van der Waals surface area contributed by atoms with Crippen LogP contribution < -0.4 is 0 Å². The summed E-state index contributed by atoms with van der Waals surface area (Å²) in [7, 11) is 0. The molecule has 1 fully saturated rings. The van der Waals surface area contributed by atoms with Crippen molar-refractivity contribution in [3.8, 4) is 0 Å². The Bertz CT molecular complexity index is 542. The Labute approximate surface area is 127 Å². The van der Waals surface area contributed by atoms with Crippen molar-refractivity contribution in [1.82, 2.24) is 0 Å². The van der Waals surface area contributed by atoms with Crippen LogP contribution in [-0.2, 0) is 0 Å². The largest absolute Gasteiger partial charge is 0.365 e. The first kappa shape index (κ1) is 14.0. The summed E-state index contributed by atoms with van der Waals surface area (Å²) in [6.45, 7) is 4.57. The van der Waals surface area contributed by atoms with Gasteiger partial charge in [-0.05, 0) is 63.2 Å². The SMILES string of the molecule is C[C@@]12CCC[C@H]1C1=C(CC2)[C@]2(C)C(=CCCC2(O)O)CC1. The topological polar surface area (TPSA) is 40.5 Å². The van der Waals surface area contributed by atoms with Crippen LogP contribution in [0.1, 0.15) is 71.6 Å². The number of aliphatic hydroxyl groups is 2. The molecule has 0 saturated heterocycles. The highest BCUT2D eigenvalue weighted by molar-refractivity contribution is 5.44. The summed E-state index contributed by atoms with van der Waals surface area (Å²) in [4.78, 5) is 0. The molecule has 2 heteroatoms. The molecule has 0 aromatic rings. The Kier molecular flexibility index (Phi) is 2.83. The summed E-state index contributed by atoms with van der Waals surface area (Å²) in [5, 5.41) is 21.5. The van der Waals surface area contributed by atoms with E-state index in [2.05, 4.69) is 19.9 Å². The second kappa shape index (κ2) is 4.23. The van der Waals surface area contributed by atoms with Gasteiger partial charge in [-0.25, -0.2) is 0 Å². The van der Waals surface area contributed by atoms with E-state index in [0.717, 1.165) is 25.7 Å². The lowest BCUT2D eigenvalue weighted by Crippen LogP contribution is -2.53. The zero-order valence-electron chi connectivity index (χ0n) is 13.4. The summed E-state index contributed by atoms with van der Waals surface area (Å²) in [5.41, 5.74) is 4.27. The molecule has 0 spiro atoms. The van der Waals surface area contributed by atoms with Crippen molar-refractivity contribution >= 4 is 0 Å². The molecule has 4 rings (SSSR count). The summed E-state index contributed by atoms with van der Waals surface area (Å²) in [6.07, 6.45) is 12.1. The van der Waals surface area contributed by atoms with Crippen LogP contribution in [0, 0.1) is 16.7 Å². The van der Waals surface area contributed by atoms with E-state index in [1.807, 2.05) is 0 Å². The van der Waals surface area contributed by atoms with Crippen molar-refractivity contribution in [2.45, 2.75) is 77.4 Å². The average molecular weight is 288 g/mol. The monoisotopic (exact) mass is 288 g/mol. The zero-order valence-corrected chi connectivity index (χ0v) is 13.4. The molecule has 0 heterocycles. The minimum atomic E-state index is -1.55. The van der Waals surface area contributed by atoms with Crippen molar-refractivity contribution in [2.75, 3.05) is 0 Å². The van der Waals surface area contributed by atoms with Crippen LogP contribution in [0.4, 0.5) is 0 Å². The standard InChI is InChI=1S/C19H28O2/c1-17-10-4-6-15(17)14-8-7-13-5-3-11-19(20,21)18(13,2)16(14)9-12-17/h5,15,20-21H,3-4,6-12H2,1-2H3/t15-,17-,18-/m0/s1. The molecule has 0 aliphatic heterocycles.